The van der Waals surface area contributed by atoms with Crippen molar-refractivity contribution < 1.29 is 9.53 Å². The first kappa shape index (κ1) is 9.43. The van der Waals surface area contributed by atoms with E-state index in [1.807, 2.05) is 5.70 Å². The number of hydrogen-bond donors (Lipinski definition) is 0. The fourth-order valence-corrected chi connectivity index (χ4v) is 1.02. The molecule has 0 spiro atoms. The van der Waals surface area contributed by atoms with E-state index in [1.165, 1.54) is 13.2 Å². The Bertz CT molecular complexity index is 144. The quantitative estimate of drug-likeness (QED) is 0.346. The number of methoxy groups -OCH3 is 1. The highest BCUT2D eigenvalue weighted by Crippen LogP contribution is 2.01. The summed E-state index contributed by atoms with van der Waals surface area (Å²) in [5.41, 5.74) is 1.96. The summed E-state index contributed by atoms with van der Waals surface area (Å²) in [7, 11) is 0.168. The van der Waals surface area contributed by atoms with Gasteiger partial charge in [0.05, 0.1) is 15.2 Å². The maximum atomic E-state index is 10.6. The number of carbonyl (C=O) groups is 1. The van der Waals surface area contributed by atoms with Gasteiger partial charge in [0.25, 0.3) is 0 Å². The predicted octanol–water partition coefficient (Wildman–Crippen LogP) is 1.59. The van der Waals surface area contributed by atoms with Crippen LogP contribution in [0.2, 0.25) is 19.6 Å². The average Bonchev–Trinajstić information content (AvgIpc) is 1.81. The lowest BCUT2D eigenvalue weighted by molar-refractivity contribution is -0.134. The van der Waals surface area contributed by atoms with E-state index in [2.05, 4.69) is 24.4 Å². The first-order chi connectivity index (χ1) is 4.45. The van der Waals surface area contributed by atoms with Crippen LogP contribution in [-0.2, 0) is 9.53 Å². The fourth-order valence-electron chi connectivity index (χ4n) is 0.386. The highest BCUT2D eigenvalue weighted by atomic mass is 28.3. The van der Waals surface area contributed by atoms with Crippen LogP contribution in [0, 0.1) is 0 Å². The largest absolute Gasteiger partial charge is 0.466 e. The summed E-state index contributed by atoms with van der Waals surface area (Å²) < 4.78 is 4.44. The van der Waals surface area contributed by atoms with Gasteiger partial charge in [-0.15, -0.1) is 0 Å². The summed E-state index contributed by atoms with van der Waals surface area (Å²) in [5.74, 6) is -0.262. The third kappa shape index (κ3) is 5.56. The monoisotopic (exact) mass is 158 g/mol. The molecule has 0 aliphatic rings. The predicted molar refractivity (Wildman–Crippen MR) is 44.5 cm³/mol. The number of hydrogen-bond acceptors (Lipinski definition) is 2. The Balaban J connectivity index is 3.88. The Kier molecular flexibility index (Phi) is 3.36. The van der Waals surface area contributed by atoms with Gasteiger partial charge in [-0.2, -0.15) is 0 Å². The van der Waals surface area contributed by atoms with Crippen LogP contribution in [0.4, 0.5) is 0 Å². The number of carbonyl (C=O) groups excluding carboxylic acids is 1. The third-order valence-electron chi connectivity index (χ3n) is 0.921. The van der Waals surface area contributed by atoms with Crippen LogP contribution in [0.25, 0.3) is 0 Å². The lowest BCUT2D eigenvalue weighted by atomic mass is 10.7. The summed E-state index contributed by atoms with van der Waals surface area (Å²) in [5, 5.41) is 0. The van der Waals surface area contributed by atoms with Gasteiger partial charge >= 0.3 is 5.97 Å². The van der Waals surface area contributed by atoms with E-state index in [0.29, 0.717) is 0 Å². The first-order valence-corrected chi connectivity index (χ1v) is 6.80. The molecule has 3 heteroatoms. The highest BCUT2D eigenvalue weighted by molar-refractivity contribution is 6.81. The fraction of sp³-hybridized carbons (Fsp3) is 0.571. The molecule has 0 rings (SSSR count). The summed E-state index contributed by atoms with van der Waals surface area (Å²) in [4.78, 5) is 10.6. The maximum Gasteiger partial charge on any atom is 0.329 e. The molecule has 0 saturated heterocycles. The second-order valence-corrected chi connectivity index (χ2v) is 8.29. The van der Waals surface area contributed by atoms with Gasteiger partial charge in [0.15, 0.2) is 0 Å². The molecule has 0 unspecified atom stereocenters. The van der Waals surface area contributed by atoms with Crippen molar-refractivity contribution in [3.8, 4) is 0 Å². The Morgan fingerprint density at radius 1 is 1.40 bits per heavy atom. The Labute approximate surface area is 62.9 Å². The van der Waals surface area contributed by atoms with Crippen molar-refractivity contribution >= 4 is 14.0 Å². The van der Waals surface area contributed by atoms with E-state index in [4.69, 9.17) is 0 Å². The normalized spacial score (nSPS) is 12.0. The minimum absolute atomic E-state index is 0.262. The van der Waals surface area contributed by atoms with Crippen molar-refractivity contribution in [2.45, 2.75) is 19.6 Å². The molecule has 2 nitrogen and oxygen atoms in total. The molecule has 0 fully saturated rings. The summed E-state index contributed by atoms with van der Waals surface area (Å²) in [6.07, 6.45) is 1.51. The van der Waals surface area contributed by atoms with Crippen molar-refractivity contribution in [1.82, 2.24) is 0 Å². The van der Waals surface area contributed by atoms with Gasteiger partial charge in [-0.1, -0.05) is 25.3 Å². The lowest BCUT2D eigenvalue weighted by Crippen LogP contribution is -2.16. The molecular formula is C7H14O2Si. The molecule has 0 saturated carbocycles. The zero-order chi connectivity index (χ0) is 8.20. The van der Waals surface area contributed by atoms with Crippen LogP contribution in [-0.4, -0.2) is 21.2 Å². The van der Waals surface area contributed by atoms with Crippen LogP contribution >= 0.6 is 0 Å². The molecule has 0 heterocycles. The van der Waals surface area contributed by atoms with E-state index in [-0.39, 0.29) is 5.97 Å². The van der Waals surface area contributed by atoms with Crippen LogP contribution in [0.15, 0.2) is 11.8 Å². The average molecular weight is 158 g/mol. The van der Waals surface area contributed by atoms with Crippen LogP contribution in [0.3, 0.4) is 0 Å². The molecule has 0 aliphatic carbocycles. The zero-order valence-electron chi connectivity index (χ0n) is 6.97. The zero-order valence-corrected chi connectivity index (χ0v) is 7.97. The Morgan fingerprint density at radius 3 is 2.20 bits per heavy atom. The second-order valence-electron chi connectivity index (χ2n) is 3.22. The molecule has 58 valence electrons. The van der Waals surface area contributed by atoms with Gasteiger partial charge < -0.3 is 4.74 Å². The van der Waals surface area contributed by atoms with Crippen LogP contribution in [0.5, 0.6) is 0 Å². The lowest BCUT2D eigenvalue weighted by Gasteiger charge is -2.06. The number of ether oxygens (including phenoxy) is 1. The van der Waals surface area contributed by atoms with Crippen molar-refractivity contribution in [2.24, 2.45) is 0 Å². The molecule has 0 radical (unpaired) electrons. The maximum absolute atomic E-state index is 10.6. The van der Waals surface area contributed by atoms with E-state index in [9.17, 15) is 4.79 Å². The van der Waals surface area contributed by atoms with Crippen molar-refractivity contribution in [3.63, 3.8) is 0 Å². The smallest absolute Gasteiger partial charge is 0.329 e. The van der Waals surface area contributed by atoms with E-state index in [1.54, 1.807) is 0 Å². The minimum atomic E-state index is -1.22. The topological polar surface area (TPSA) is 26.3 Å². The van der Waals surface area contributed by atoms with E-state index < -0.39 is 8.07 Å². The summed E-state index contributed by atoms with van der Waals surface area (Å²) >= 11 is 0. The van der Waals surface area contributed by atoms with Crippen molar-refractivity contribution in [3.05, 3.63) is 11.8 Å². The molecule has 0 amide bonds. The van der Waals surface area contributed by atoms with Crippen molar-refractivity contribution in [1.29, 1.82) is 0 Å². The van der Waals surface area contributed by atoms with E-state index >= 15 is 0 Å². The second kappa shape index (κ2) is 3.56. The van der Waals surface area contributed by atoms with E-state index in [0.717, 1.165) is 0 Å². The molecular weight excluding hydrogens is 144 g/mol. The Hall–Kier alpha value is -0.573. The molecule has 0 aliphatic heterocycles. The number of rotatable bonds is 2. The number of esters is 1. The first-order valence-electron chi connectivity index (χ1n) is 3.23. The van der Waals surface area contributed by atoms with Gasteiger partial charge in [-0.3, -0.25) is 0 Å². The summed E-state index contributed by atoms with van der Waals surface area (Å²) in [6.45, 7) is 6.48. The van der Waals surface area contributed by atoms with Gasteiger partial charge in [0.2, 0.25) is 0 Å². The molecule has 0 aromatic rings. The van der Waals surface area contributed by atoms with Crippen LogP contribution < -0.4 is 0 Å². The summed E-state index contributed by atoms with van der Waals surface area (Å²) in [6, 6.07) is 0. The molecule has 0 aromatic heterocycles. The minimum Gasteiger partial charge on any atom is -0.466 e. The van der Waals surface area contributed by atoms with Gasteiger partial charge in [0, 0.05) is 6.08 Å². The van der Waals surface area contributed by atoms with Gasteiger partial charge in [0.1, 0.15) is 0 Å². The van der Waals surface area contributed by atoms with Crippen molar-refractivity contribution in [2.75, 3.05) is 7.11 Å². The van der Waals surface area contributed by atoms with Gasteiger partial charge in [-0.05, 0) is 0 Å². The van der Waals surface area contributed by atoms with Crippen LogP contribution in [0.1, 0.15) is 0 Å². The standard InChI is InChI=1S/C7H14O2Si/c1-9-7(8)5-6-10(2,3)4/h5-6H,1-4H3. The molecule has 0 N–H and O–H groups in total. The molecule has 10 heavy (non-hydrogen) atoms. The highest BCUT2D eigenvalue weighted by Gasteiger charge is 2.07. The SMILES string of the molecule is COC(=O)C=C[Si](C)(C)C. The molecule has 0 aromatic carbocycles. The van der Waals surface area contributed by atoms with Gasteiger partial charge in [-0.25, -0.2) is 4.79 Å². The molecule has 0 atom stereocenters. The Morgan fingerprint density at radius 2 is 1.90 bits per heavy atom. The third-order valence-corrected chi connectivity index (χ3v) is 2.09. The molecule has 0 bridgehead atoms.